The molecule has 0 aliphatic rings. The summed E-state index contributed by atoms with van der Waals surface area (Å²) in [6.45, 7) is 0.362. The third-order valence-electron chi connectivity index (χ3n) is 3.54. The molecule has 0 atom stereocenters. The molecular formula is C19H15ClFNO2. The molecule has 0 fully saturated rings. The molecule has 0 unspecified atom stereocenters. The molecule has 0 saturated heterocycles. The summed E-state index contributed by atoms with van der Waals surface area (Å²) in [7, 11) is 0. The maximum atomic E-state index is 14.1. The molecule has 0 radical (unpaired) electrons. The van der Waals surface area contributed by atoms with Crippen molar-refractivity contribution in [2.75, 3.05) is 6.61 Å². The van der Waals surface area contributed by atoms with Gasteiger partial charge in [0.05, 0.1) is 11.6 Å². The fraction of sp³-hybridized carbons (Fsp3) is 0.158. The van der Waals surface area contributed by atoms with Gasteiger partial charge in [-0.05, 0) is 29.3 Å². The lowest BCUT2D eigenvalue weighted by atomic mass is 10.1. The monoisotopic (exact) mass is 343 g/mol. The van der Waals surface area contributed by atoms with E-state index in [1.807, 2.05) is 30.3 Å². The molecule has 0 aliphatic carbocycles. The van der Waals surface area contributed by atoms with Crippen LogP contribution >= 0.6 is 11.6 Å². The number of carbonyl (C=O) groups is 1. The topological polar surface area (TPSA) is 39.2 Å². The highest BCUT2D eigenvalue weighted by Gasteiger charge is 2.10. The first-order chi connectivity index (χ1) is 11.6. The minimum Gasteiger partial charge on any atom is -0.369 e. The van der Waals surface area contributed by atoms with Crippen molar-refractivity contribution < 1.29 is 13.9 Å². The lowest BCUT2D eigenvalue weighted by molar-refractivity contribution is -0.123. The van der Waals surface area contributed by atoms with Crippen molar-refractivity contribution >= 4 is 28.3 Å². The fourth-order valence-electron chi connectivity index (χ4n) is 2.47. The summed E-state index contributed by atoms with van der Waals surface area (Å²) in [6.07, 6.45) is 1.50. The molecule has 24 heavy (non-hydrogen) atoms. The van der Waals surface area contributed by atoms with E-state index in [0.717, 1.165) is 5.56 Å². The zero-order chi connectivity index (χ0) is 16.9. The van der Waals surface area contributed by atoms with Crippen molar-refractivity contribution in [1.29, 1.82) is 0 Å². The highest BCUT2D eigenvalue weighted by molar-refractivity contribution is 6.31. The van der Waals surface area contributed by atoms with Gasteiger partial charge in [-0.2, -0.15) is 0 Å². The molecular weight excluding hydrogens is 329 g/mol. The number of rotatable bonds is 6. The smallest absolute Gasteiger partial charge is 0.162 e. The SMILES string of the molecule is O=C(COCc1ccccc1)Cc1cc(F)c2ncc(Cl)cc2c1. The Morgan fingerprint density at radius 1 is 1.12 bits per heavy atom. The van der Waals surface area contributed by atoms with Gasteiger partial charge in [-0.1, -0.05) is 41.9 Å². The maximum absolute atomic E-state index is 14.1. The predicted octanol–water partition coefficient (Wildman–Crippen LogP) is 4.36. The molecule has 5 heteroatoms. The average molecular weight is 344 g/mol. The number of ketones is 1. The molecule has 122 valence electrons. The number of hydrogen-bond acceptors (Lipinski definition) is 3. The van der Waals surface area contributed by atoms with Crippen LogP contribution in [0.1, 0.15) is 11.1 Å². The second-order valence-corrected chi connectivity index (χ2v) is 5.93. The summed E-state index contributed by atoms with van der Waals surface area (Å²) in [5.41, 5.74) is 1.83. The van der Waals surface area contributed by atoms with E-state index in [9.17, 15) is 9.18 Å². The first-order valence-corrected chi connectivity index (χ1v) is 7.86. The Labute approximate surface area is 144 Å². The molecule has 1 heterocycles. The predicted molar refractivity (Wildman–Crippen MR) is 91.5 cm³/mol. The zero-order valence-corrected chi connectivity index (χ0v) is 13.6. The van der Waals surface area contributed by atoms with Crippen molar-refractivity contribution in [3.8, 4) is 0 Å². The van der Waals surface area contributed by atoms with E-state index >= 15 is 0 Å². The number of fused-ring (bicyclic) bond motifs is 1. The van der Waals surface area contributed by atoms with Gasteiger partial charge in [-0.15, -0.1) is 0 Å². The van der Waals surface area contributed by atoms with E-state index < -0.39 is 5.82 Å². The first kappa shape index (κ1) is 16.6. The number of hydrogen-bond donors (Lipinski definition) is 0. The highest BCUT2D eigenvalue weighted by Crippen LogP contribution is 2.21. The lowest BCUT2D eigenvalue weighted by Gasteiger charge is -2.06. The Morgan fingerprint density at radius 2 is 1.92 bits per heavy atom. The van der Waals surface area contributed by atoms with Crippen molar-refractivity contribution in [1.82, 2.24) is 4.98 Å². The van der Waals surface area contributed by atoms with E-state index in [1.54, 1.807) is 12.1 Å². The number of pyridine rings is 1. The molecule has 0 saturated carbocycles. The quantitative estimate of drug-likeness (QED) is 0.667. The number of halogens is 2. The number of aromatic nitrogens is 1. The Balaban J connectivity index is 1.62. The summed E-state index contributed by atoms with van der Waals surface area (Å²) in [4.78, 5) is 16.0. The number of ether oxygens (including phenoxy) is 1. The molecule has 0 aliphatic heterocycles. The molecule has 0 bridgehead atoms. The van der Waals surface area contributed by atoms with Gasteiger partial charge >= 0.3 is 0 Å². The van der Waals surface area contributed by atoms with Crippen LogP contribution in [0.3, 0.4) is 0 Å². The van der Waals surface area contributed by atoms with Gasteiger partial charge in [0.2, 0.25) is 0 Å². The van der Waals surface area contributed by atoms with Crippen LogP contribution in [0.4, 0.5) is 4.39 Å². The largest absolute Gasteiger partial charge is 0.369 e. The third kappa shape index (κ3) is 4.16. The second kappa shape index (κ2) is 7.51. The summed E-state index contributed by atoms with van der Waals surface area (Å²) < 4.78 is 19.5. The van der Waals surface area contributed by atoms with Crippen LogP contribution in [0.5, 0.6) is 0 Å². The standard InChI is InChI=1S/C19H15ClFNO2/c20-16-9-15-6-14(8-18(21)19(15)22-10-16)7-17(23)12-24-11-13-4-2-1-3-5-13/h1-6,8-10H,7,11-12H2. The molecule has 0 amide bonds. The molecule has 3 nitrogen and oxygen atoms in total. The Hall–Kier alpha value is -2.30. The summed E-state index contributed by atoms with van der Waals surface area (Å²) >= 11 is 5.88. The molecule has 0 spiro atoms. The lowest BCUT2D eigenvalue weighted by Crippen LogP contribution is -2.11. The van der Waals surface area contributed by atoms with Gasteiger partial charge in [0.1, 0.15) is 17.9 Å². The Bertz CT molecular complexity index is 868. The third-order valence-corrected chi connectivity index (χ3v) is 3.75. The van der Waals surface area contributed by atoms with Gasteiger partial charge in [-0.3, -0.25) is 9.78 Å². The zero-order valence-electron chi connectivity index (χ0n) is 12.8. The van der Waals surface area contributed by atoms with Crippen molar-refractivity contribution in [3.05, 3.63) is 76.7 Å². The maximum Gasteiger partial charge on any atom is 0.162 e. The van der Waals surface area contributed by atoms with Crippen LogP contribution in [0.2, 0.25) is 5.02 Å². The highest BCUT2D eigenvalue weighted by atomic mass is 35.5. The normalized spacial score (nSPS) is 10.9. The average Bonchev–Trinajstić information content (AvgIpc) is 2.55. The van der Waals surface area contributed by atoms with E-state index in [4.69, 9.17) is 16.3 Å². The second-order valence-electron chi connectivity index (χ2n) is 5.50. The Kier molecular flexibility index (Phi) is 5.18. The van der Waals surface area contributed by atoms with Crippen LogP contribution in [0.25, 0.3) is 10.9 Å². The van der Waals surface area contributed by atoms with Crippen LogP contribution in [0, 0.1) is 5.82 Å². The van der Waals surface area contributed by atoms with Gasteiger partial charge in [0, 0.05) is 18.0 Å². The summed E-state index contributed by atoms with van der Waals surface area (Å²) in [5.74, 6) is -0.572. The number of Topliss-reactive ketones (excluding diaryl/α,β-unsaturated/α-hetero) is 1. The minimum absolute atomic E-state index is 0.0116. The molecule has 3 rings (SSSR count). The van der Waals surface area contributed by atoms with Crippen molar-refractivity contribution in [3.63, 3.8) is 0 Å². The van der Waals surface area contributed by atoms with E-state index in [-0.39, 0.29) is 24.3 Å². The minimum atomic E-state index is -0.461. The van der Waals surface area contributed by atoms with Gasteiger partial charge in [-0.25, -0.2) is 4.39 Å². The van der Waals surface area contributed by atoms with Gasteiger partial charge in [0.15, 0.2) is 5.78 Å². The van der Waals surface area contributed by atoms with Gasteiger partial charge in [0.25, 0.3) is 0 Å². The molecule has 0 N–H and O–H groups in total. The van der Waals surface area contributed by atoms with Crippen LogP contribution in [-0.4, -0.2) is 17.4 Å². The van der Waals surface area contributed by atoms with Crippen LogP contribution < -0.4 is 0 Å². The van der Waals surface area contributed by atoms with Gasteiger partial charge < -0.3 is 4.74 Å². The number of benzene rings is 2. The van der Waals surface area contributed by atoms with Crippen molar-refractivity contribution in [2.24, 2.45) is 0 Å². The summed E-state index contributed by atoms with van der Waals surface area (Å²) in [5, 5.41) is 1.01. The van der Waals surface area contributed by atoms with E-state index in [0.29, 0.717) is 22.6 Å². The molecule has 3 aromatic rings. The summed E-state index contributed by atoms with van der Waals surface area (Å²) in [6, 6.07) is 14.3. The van der Waals surface area contributed by atoms with Crippen molar-refractivity contribution in [2.45, 2.75) is 13.0 Å². The number of nitrogens with zero attached hydrogens (tertiary/aromatic N) is 1. The van der Waals surface area contributed by atoms with Crippen LogP contribution in [-0.2, 0) is 22.6 Å². The fourth-order valence-corrected chi connectivity index (χ4v) is 2.64. The Morgan fingerprint density at radius 3 is 2.71 bits per heavy atom. The van der Waals surface area contributed by atoms with Crippen LogP contribution in [0.15, 0.2) is 54.7 Å². The molecule has 2 aromatic carbocycles. The first-order valence-electron chi connectivity index (χ1n) is 7.49. The van der Waals surface area contributed by atoms with E-state index in [1.165, 1.54) is 12.3 Å². The number of carbonyl (C=O) groups excluding carboxylic acids is 1. The van der Waals surface area contributed by atoms with E-state index in [2.05, 4.69) is 4.98 Å². The molecule has 1 aromatic heterocycles.